The van der Waals surface area contributed by atoms with Crippen molar-refractivity contribution in [2.45, 2.75) is 82.8 Å². The van der Waals surface area contributed by atoms with E-state index < -0.39 is 5.54 Å². The highest BCUT2D eigenvalue weighted by Crippen LogP contribution is 2.34. The molecule has 0 atom stereocenters. The highest BCUT2D eigenvalue weighted by Gasteiger charge is 2.51. The van der Waals surface area contributed by atoms with Gasteiger partial charge in [0, 0.05) is 6.54 Å². The van der Waals surface area contributed by atoms with E-state index in [2.05, 4.69) is 15.6 Å². The largest absolute Gasteiger partial charge is 0.325 e. The van der Waals surface area contributed by atoms with Gasteiger partial charge in [-0.3, -0.25) is 14.4 Å². The maximum absolute atomic E-state index is 12.8. The second-order valence-electron chi connectivity index (χ2n) is 7.90. The highest BCUT2D eigenvalue weighted by molar-refractivity contribution is 6.07. The van der Waals surface area contributed by atoms with Gasteiger partial charge in [0.25, 0.3) is 5.91 Å². The fourth-order valence-electron chi connectivity index (χ4n) is 4.61. The summed E-state index contributed by atoms with van der Waals surface area (Å²) >= 11 is 0. The molecule has 1 aromatic rings. The van der Waals surface area contributed by atoms with E-state index in [0.717, 1.165) is 38.6 Å². The molecule has 0 radical (unpaired) electrons. The van der Waals surface area contributed by atoms with Gasteiger partial charge in [0.15, 0.2) is 0 Å². The lowest BCUT2D eigenvalue weighted by molar-refractivity contribution is -0.132. The minimum atomic E-state index is -0.659. The van der Waals surface area contributed by atoms with E-state index in [-0.39, 0.29) is 18.5 Å². The number of carbonyl (C=O) groups is 2. The standard InChI is InChI=1S/C18H27N5O2/c24-16-18(9-5-2-6-10-18)19-17(25)23(16)13-15-12-22(21-20-15)11-14-7-3-1-4-8-14/h12,14H,1-11,13H2,(H,19,25). The molecular formula is C18H27N5O2. The number of aromatic nitrogens is 3. The monoisotopic (exact) mass is 345 g/mol. The third kappa shape index (κ3) is 3.28. The Morgan fingerprint density at radius 1 is 1.08 bits per heavy atom. The van der Waals surface area contributed by atoms with Gasteiger partial charge in [-0.25, -0.2) is 4.79 Å². The molecule has 0 bridgehead atoms. The van der Waals surface area contributed by atoms with Crippen LogP contribution in [-0.2, 0) is 17.9 Å². The molecule has 1 N–H and O–H groups in total. The van der Waals surface area contributed by atoms with Crippen molar-refractivity contribution in [2.24, 2.45) is 5.92 Å². The van der Waals surface area contributed by atoms with Gasteiger partial charge < -0.3 is 5.32 Å². The topological polar surface area (TPSA) is 80.1 Å². The second-order valence-corrected chi connectivity index (χ2v) is 7.90. The van der Waals surface area contributed by atoms with Gasteiger partial charge in [-0.05, 0) is 31.6 Å². The van der Waals surface area contributed by atoms with Crippen LogP contribution in [0.3, 0.4) is 0 Å². The average molecular weight is 345 g/mol. The van der Waals surface area contributed by atoms with Crippen molar-refractivity contribution in [1.82, 2.24) is 25.2 Å². The van der Waals surface area contributed by atoms with Crippen molar-refractivity contribution >= 4 is 11.9 Å². The minimum Gasteiger partial charge on any atom is -0.323 e. The summed E-state index contributed by atoms with van der Waals surface area (Å²) in [5, 5.41) is 11.3. The molecule has 1 spiro atoms. The first-order valence-electron chi connectivity index (χ1n) is 9.69. The maximum Gasteiger partial charge on any atom is 0.325 e. The van der Waals surface area contributed by atoms with Crippen LogP contribution in [0.4, 0.5) is 4.79 Å². The van der Waals surface area contributed by atoms with Gasteiger partial charge in [0.05, 0.1) is 12.7 Å². The number of imide groups is 1. The van der Waals surface area contributed by atoms with Crippen LogP contribution in [-0.4, -0.2) is 37.4 Å². The van der Waals surface area contributed by atoms with E-state index in [4.69, 9.17) is 0 Å². The normalized spacial score (nSPS) is 24.1. The molecular weight excluding hydrogens is 318 g/mol. The predicted molar refractivity (Wildman–Crippen MR) is 91.5 cm³/mol. The highest BCUT2D eigenvalue weighted by atomic mass is 16.2. The van der Waals surface area contributed by atoms with Crippen molar-refractivity contribution in [3.63, 3.8) is 0 Å². The number of carbonyl (C=O) groups excluding carboxylic acids is 2. The Morgan fingerprint density at radius 2 is 1.80 bits per heavy atom. The fourth-order valence-corrected chi connectivity index (χ4v) is 4.61. The summed E-state index contributed by atoms with van der Waals surface area (Å²) in [6, 6.07) is -0.284. The molecule has 3 fully saturated rings. The van der Waals surface area contributed by atoms with Crippen molar-refractivity contribution in [1.29, 1.82) is 0 Å². The van der Waals surface area contributed by atoms with E-state index in [0.29, 0.717) is 11.6 Å². The summed E-state index contributed by atoms with van der Waals surface area (Å²) in [6.45, 7) is 1.11. The Hall–Kier alpha value is -1.92. The van der Waals surface area contributed by atoms with Gasteiger partial charge in [0.1, 0.15) is 11.2 Å². The van der Waals surface area contributed by atoms with E-state index in [9.17, 15) is 9.59 Å². The van der Waals surface area contributed by atoms with E-state index in [1.807, 2.05) is 10.9 Å². The van der Waals surface area contributed by atoms with Gasteiger partial charge in [-0.2, -0.15) is 0 Å². The molecule has 1 saturated heterocycles. The maximum atomic E-state index is 12.8. The Labute approximate surface area is 148 Å². The van der Waals surface area contributed by atoms with Crippen LogP contribution in [0.5, 0.6) is 0 Å². The Kier molecular flexibility index (Phi) is 4.48. The number of nitrogens with zero attached hydrogens (tertiary/aromatic N) is 4. The summed E-state index contributed by atoms with van der Waals surface area (Å²) in [4.78, 5) is 26.5. The summed E-state index contributed by atoms with van der Waals surface area (Å²) in [7, 11) is 0. The average Bonchev–Trinajstić information content (AvgIpc) is 3.15. The van der Waals surface area contributed by atoms with Crippen molar-refractivity contribution in [2.75, 3.05) is 0 Å². The molecule has 1 aliphatic heterocycles. The molecule has 25 heavy (non-hydrogen) atoms. The van der Waals surface area contributed by atoms with E-state index in [1.165, 1.54) is 37.0 Å². The summed E-state index contributed by atoms with van der Waals surface area (Å²) < 4.78 is 1.88. The van der Waals surface area contributed by atoms with E-state index >= 15 is 0 Å². The van der Waals surface area contributed by atoms with Crippen LogP contribution < -0.4 is 5.32 Å². The molecule has 2 heterocycles. The van der Waals surface area contributed by atoms with Crippen LogP contribution in [0.25, 0.3) is 0 Å². The first-order valence-corrected chi connectivity index (χ1v) is 9.69. The molecule has 7 heteroatoms. The minimum absolute atomic E-state index is 0.0842. The van der Waals surface area contributed by atoms with Gasteiger partial charge in [-0.1, -0.05) is 43.7 Å². The molecule has 1 aromatic heterocycles. The molecule has 2 saturated carbocycles. The van der Waals surface area contributed by atoms with Crippen LogP contribution in [0, 0.1) is 5.92 Å². The number of rotatable bonds is 4. The second kappa shape index (κ2) is 6.77. The van der Waals surface area contributed by atoms with Gasteiger partial charge in [-0.15, -0.1) is 5.10 Å². The molecule has 0 aromatic carbocycles. The molecule has 2 aliphatic carbocycles. The fraction of sp³-hybridized carbons (Fsp3) is 0.778. The number of hydrogen-bond donors (Lipinski definition) is 1. The lowest BCUT2D eigenvalue weighted by Gasteiger charge is -2.30. The summed E-state index contributed by atoms with van der Waals surface area (Å²) in [5.74, 6) is 0.588. The van der Waals surface area contributed by atoms with Crippen molar-refractivity contribution < 1.29 is 9.59 Å². The van der Waals surface area contributed by atoms with Gasteiger partial charge >= 0.3 is 6.03 Å². The SMILES string of the molecule is O=C1NC2(CCCCC2)C(=O)N1Cc1cn(CC2CCCCC2)nn1. The van der Waals surface area contributed by atoms with E-state index in [1.54, 1.807) is 0 Å². The third-order valence-corrected chi connectivity index (χ3v) is 6.03. The number of amides is 3. The molecule has 0 unspecified atom stereocenters. The zero-order chi connectivity index (χ0) is 17.3. The van der Waals surface area contributed by atoms with Crippen LogP contribution in [0.15, 0.2) is 6.20 Å². The summed E-state index contributed by atoms with van der Waals surface area (Å²) in [5.41, 5.74) is 0.0279. The molecule has 4 rings (SSSR count). The smallest absolute Gasteiger partial charge is 0.323 e. The zero-order valence-corrected chi connectivity index (χ0v) is 14.7. The first-order chi connectivity index (χ1) is 12.2. The van der Waals surface area contributed by atoms with Crippen LogP contribution in [0.1, 0.15) is 69.9 Å². The Morgan fingerprint density at radius 3 is 2.56 bits per heavy atom. The van der Waals surface area contributed by atoms with Crippen LogP contribution in [0.2, 0.25) is 0 Å². The lowest BCUT2D eigenvalue weighted by atomic mass is 9.82. The van der Waals surface area contributed by atoms with Crippen molar-refractivity contribution in [3.05, 3.63) is 11.9 Å². The number of hydrogen-bond acceptors (Lipinski definition) is 4. The predicted octanol–water partition coefficient (Wildman–Crippen LogP) is 2.61. The summed E-state index contributed by atoms with van der Waals surface area (Å²) in [6.07, 6.45) is 13.0. The van der Waals surface area contributed by atoms with Gasteiger partial charge in [0.2, 0.25) is 0 Å². The zero-order valence-electron chi connectivity index (χ0n) is 14.7. The Bertz CT molecular complexity index is 644. The third-order valence-electron chi connectivity index (χ3n) is 6.03. The van der Waals surface area contributed by atoms with Crippen LogP contribution >= 0.6 is 0 Å². The number of urea groups is 1. The van der Waals surface area contributed by atoms with Crippen molar-refractivity contribution in [3.8, 4) is 0 Å². The quantitative estimate of drug-likeness (QED) is 0.851. The first kappa shape index (κ1) is 16.5. The lowest BCUT2D eigenvalue weighted by Crippen LogP contribution is -2.48. The molecule has 3 amide bonds. The number of nitrogens with one attached hydrogen (secondary N) is 1. The molecule has 136 valence electrons. The Balaban J connectivity index is 1.40. The molecule has 7 nitrogen and oxygen atoms in total. The molecule has 3 aliphatic rings.